The summed E-state index contributed by atoms with van der Waals surface area (Å²) in [6.45, 7) is -0.0928. The summed E-state index contributed by atoms with van der Waals surface area (Å²) < 4.78 is 41.2. The van der Waals surface area contributed by atoms with Crippen LogP contribution < -0.4 is 15.0 Å². The van der Waals surface area contributed by atoms with Crippen LogP contribution in [0.1, 0.15) is 12.8 Å². The topological polar surface area (TPSA) is 67.3 Å². The third-order valence-corrected chi connectivity index (χ3v) is 4.46. The molecule has 2 heterocycles. The SMILES string of the molecule is O=C(Nc1ccc(OCC(F)(F)F)cc1)[C@@H]1CCCN(c2ccc(Cl)nn2)C1. The van der Waals surface area contributed by atoms with E-state index in [0.717, 1.165) is 19.4 Å². The molecule has 1 aliphatic heterocycles. The third kappa shape index (κ3) is 5.72. The average Bonchev–Trinajstić information content (AvgIpc) is 2.67. The summed E-state index contributed by atoms with van der Waals surface area (Å²) in [5.41, 5.74) is 0.493. The quantitative estimate of drug-likeness (QED) is 0.803. The number of piperidine rings is 1. The van der Waals surface area contributed by atoms with Crippen molar-refractivity contribution in [1.82, 2.24) is 10.2 Å². The Morgan fingerprint density at radius 3 is 2.61 bits per heavy atom. The van der Waals surface area contributed by atoms with E-state index in [0.29, 0.717) is 23.2 Å². The molecule has 10 heteroatoms. The first-order valence-electron chi connectivity index (χ1n) is 8.65. The van der Waals surface area contributed by atoms with E-state index in [1.807, 2.05) is 4.90 Å². The Balaban J connectivity index is 1.55. The Morgan fingerprint density at radius 1 is 1.21 bits per heavy atom. The van der Waals surface area contributed by atoms with E-state index < -0.39 is 12.8 Å². The Bertz CT molecular complexity index is 800. The highest BCUT2D eigenvalue weighted by molar-refractivity contribution is 6.29. The second kappa shape index (κ2) is 8.64. The molecule has 1 aromatic carbocycles. The predicted molar refractivity (Wildman–Crippen MR) is 98.6 cm³/mol. The van der Waals surface area contributed by atoms with Gasteiger partial charge in [0.15, 0.2) is 17.6 Å². The molecule has 0 unspecified atom stereocenters. The lowest BCUT2D eigenvalue weighted by atomic mass is 9.97. The second-order valence-corrected chi connectivity index (χ2v) is 6.80. The molecule has 1 N–H and O–H groups in total. The Morgan fingerprint density at radius 2 is 1.96 bits per heavy atom. The zero-order chi connectivity index (χ0) is 20.1. The molecule has 0 bridgehead atoms. The summed E-state index contributed by atoms with van der Waals surface area (Å²) >= 11 is 5.75. The van der Waals surface area contributed by atoms with Gasteiger partial charge in [-0.25, -0.2) is 0 Å². The Hall–Kier alpha value is -2.55. The summed E-state index contributed by atoms with van der Waals surface area (Å²) in [6.07, 6.45) is -2.84. The first kappa shape index (κ1) is 20.2. The van der Waals surface area contributed by atoms with Crippen LogP contribution in [0.4, 0.5) is 24.7 Å². The van der Waals surface area contributed by atoms with Gasteiger partial charge in [0.25, 0.3) is 0 Å². The highest BCUT2D eigenvalue weighted by Crippen LogP contribution is 2.24. The summed E-state index contributed by atoms with van der Waals surface area (Å²) in [4.78, 5) is 14.5. The van der Waals surface area contributed by atoms with E-state index in [1.54, 1.807) is 12.1 Å². The maximum atomic E-state index is 12.6. The number of carbonyl (C=O) groups excluding carboxylic acids is 1. The minimum absolute atomic E-state index is 0.0838. The van der Waals surface area contributed by atoms with Gasteiger partial charge in [-0.2, -0.15) is 13.2 Å². The molecule has 0 radical (unpaired) electrons. The van der Waals surface area contributed by atoms with Crippen LogP contribution in [0.3, 0.4) is 0 Å². The lowest BCUT2D eigenvalue weighted by molar-refractivity contribution is -0.153. The zero-order valence-electron chi connectivity index (χ0n) is 14.7. The predicted octanol–water partition coefficient (Wildman–Crippen LogP) is 3.93. The number of rotatable bonds is 5. The molecular formula is C18H18ClF3N4O2. The molecule has 0 aliphatic carbocycles. The minimum atomic E-state index is -4.39. The van der Waals surface area contributed by atoms with Gasteiger partial charge in [0.2, 0.25) is 5.91 Å². The number of nitrogens with one attached hydrogen (secondary N) is 1. The van der Waals surface area contributed by atoms with Gasteiger partial charge < -0.3 is 15.0 Å². The Labute approximate surface area is 164 Å². The van der Waals surface area contributed by atoms with E-state index in [9.17, 15) is 18.0 Å². The minimum Gasteiger partial charge on any atom is -0.484 e. The molecule has 1 atom stereocenters. The molecule has 1 amide bonds. The molecule has 1 saturated heterocycles. The van der Waals surface area contributed by atoms with E-state index in [4.69, 9.17) is 11.6 Å². The standard InChI is InChI=1S/C18H18ClF3N4O2/c19-15-7-8-16(25-24-15)26-9-1-2-12(10-26)17(27)23-13-3-5-14(6-4-13)28-11-18(20,21)22/h3-8,12H,1-2,9-11H2,(H,23,27)/t12-/m1/s1. The van der Waals surface area contributed by atoms with Crippen molar-refractivity contribution in [1.29, 1.82) is 0 Å². The van der Waals surface area contributed by atoms with Gasteiger partial charge in [-0.3, -0.25) is 4.79 Å². The lowest BCUT2D eigenvalue weighted by Crippen LogP contribution is -2.41. The maximum absolute atomic E-state index is 12.6. The molecule has 150 valence electrons. The molecule has 28 heavy (non-hydrogen) atoms. The van der Waals surface area contributed by atoms with Crippen molar-refractivity contribution in [2.45, 2.75) is 19.0 Å². The second-order valence-electron chi connectivity index (χ2n) is 6.42. The number of halogens is 4. The van der Waals surface area contributed by atoms with Gasteiger partial charge >= 0.3 is 6.18 Å². The van der Waals surface area contributed by atoms with Crippen molar-refractivity contribution >= 4 is 29.0 Å². The number of carbonyl (C=O) groups is 1. The van der Waals surface area contributed by atoms with Crippen molar-refractivity contribution in [3.63, 3.8) is 0 Å². The Kier molecular flexibility index (Phi) is 6.23. The lowest BCUT2D eigenvalue weighted by Gasteiger charge is -2.32. The van der Waals surface area contributed by atoms with Crippen molar-refractivity contribution in [2.24, 2.45) is 5.92 Å². The van der Waals surface area contributed by atoms with Gasteiger partial charge in [0.1, 0.15) is 5.75 Å². The summed E-state index contributed by atoms with van der Waals surface area (Å²) in [6, 6.07) is 9.20. The number of alkyl halides is 3. The molecular weight excluding hydrogens is 397 g/mol. The smallest absolute Gasteiger partial charge is 0.422 e. The van der Waals surface area contributed by atoms with Crippen molar-refractivity contribution in [3.8, 4) is 5.75 Å². The molecule has 3 rings (SSSR count). The number of benzene rings is 1. The van der Waals surface area contributed by atoms with E-state index in [1.165, 1.54) is 24.3 Å². The van der Waals surface area contributed by atoms with Gasteiger partial charge in [-0.05, 0) is 49.2 Å². The fourth-order valence-corrected chi connectivity index (χ4v) is 3.02. The van der Waals surface area contributed by atoms with Crippen LogP contribution in [-0.4, -0.2) is 42.0 Å². The highest BCUT2D eigenvalue weighted by atomic mass is 35.5. The van der Waals surface area contributed by atoms with Crippen LogP contribution in [0.25, 0.3) is 0 Å². The van der Waals surface area contributed by atoms with Crippen molar-refractivity contribution in [3.05, 3.63) is 41.6 Å². The maximum Gasteiger partial charge on any atom is 0.422 e. The van der Waals surface area contributed by atoms with Crippen LogP contribution in [-0.2, 0) is 4.79 Å². The fraction of sp³-hybridized carbons (Fsp3) is 0.389. The van der Waals surface area contributed by atoms with Crippen molar-refractivity contribution < 1.29 is 22.7 Å². The first-order valence-corrected chi connectivity index (χ1v) is 9.02. The third-order valence-electron chi connectivity index (χ3n) is 4.26. The van der Waals surface area contributed by atoms with Crippen LogP contribution in [0.15, 0.2) is 36.4 Å². The molecule has 1 fully saturated rings. The number of ether oxygens (including phenoxy) is 1. The number of hydrogen-bond donors (Lipinski definition) is 1. The van der Waals surface area contributed by atoms with Crippen LogP contribution in [0.5, 0.6) is 5.75 Å². The molecule has 6 nitrogen and oxygen atoms in total. The number of nitrogens with zero attached hydrogens (tertiary/aromatic N) is 3. The number of amides is 1. The van der Waals surface area contributed by atoms with Gasteiger partial charge in [-0.1, -0.05) is 11.6 Å². The van der Waals surface area contributed by atoms with E-state index in [2.05, 4.69) is 20.3 Å². The highest BCUT2D eigenvalue weighted by Gasteiger charge is 2.29. The number of hydrogen-bond acceptors (Lipinski definition) is 5. The summed E-state index contributed by atoms with van der Waals surface area (Å²) in [7, 11) is 0. The van der Waals surface area contributed by atoms with Crippen molar-refractivity contribution in [2.75, 3.05) is 29.9 Å². The molecule has 1 aromatic heterocycles. The molecule has 2 aromatic rings. The molecule has 0 spiro atoms. The largest absolute Gasteiger partial charge is 0.484 e. The number of aromatic nitrogens is 2. The van der Waals surface area contributed by atoms with Gasteiger partial charge in [-0.15, -0.1) is 10.2 Å². The zero-order valence-corrected chi connectivity index (χ0v) is 15.5. The summed E-state index contributed by atoms with van der Waals surface area (Å²) in [5.74, 6) is 0.344. The van der Waals surface area contributed by atoms with Gasteiger partial charge in [0.05, 0.1) is 5.92 Å². The van der Waals surface area contributed by atoms with E-state index >= 15 is 0 Å². The molecule has 0 saturated carbocycles. The average molecular weight is 415 g/mol. The monoisotopic (exact) mass is 414 g/mol. The van der Waals surface area contributed by atoms with Crippen LogP contribution >= 0.6 is 11.6 Å². The first-order chi connectivity index (χ1) is 13.3. The van der Waals surface area contributed by atoms with Gasteiger partial charge in [0, 0.05) is 18.8 Å². The van der Waals surface area contributed by atoms with Crippen LogP contribution in [0.2, 0.25) is 5.15 Å². The normalized spacial score (nSPS) is 17.3. The summed E-state index contributed by atoms with van der Waals surface area (Å²) in [5, 5.41) is 11.0. The van der Waals surface area contributed by atoms with E-state index in [-0.39, 0.29) is 17.6 Å². The van der Waals surface area contributed by atoms with Crippen LogP contribution in [0, 0.1) is 5.92 Å². The fourth-order valence-electron chi connectivity index (χ4n) is 2.92. The molecule has 1 aliphatic rings. The number of anilines is 2.